The minimum atomic E-state index is -0.893. The van der Waals surface area contributed by atoms with Crippen LogP contribution in [-0.4, -0.2) is 47.1 Å². The third kappa shape index (κ3) is 3.16. The first-order chi connectivity index (χ1) is 11.6. The van der Waals surface area contributed by atoms with Gasteiger partial charge in [0.25, 0.3) is 0 Å². The zero-order chi connectivity index (χ0) is 17.2. The monoisotopic (exact) mass is 332 g/mol. The summed E-state index contributed by atoms with van der Waals surface area (Å²) in [6, 6.07) is 9.15. The van der Waals surface area contributed by atoms with Gasteiger partial charge >= 0.3 is 0 Å². The molecule has 1 saturated heterocycles. The number of nitrogens with two attached hydrogens (primary N) is 1. The zero-order valence-electron chi connectivity index (χ0n) is 13.7. The Morgan fingerprint density at radius 3 is 2.54 bits per heavy atom. The van der Waals surface area contributed by atoms with E-state index in [9.17, 15) is 14.7 Å². The lowest BCUT2D eigenvalue weighted by atomic mass is 9.66. The minimum Gasteiger partial charge on any atom is -0.394 e. The zero-order valence-corrected chi connectivity index (χ0v) is 13.7. The van der Waals surface area contributed by atoms with E-state index >= 15 is 0 Å². The number of benzene rings is 1. The van der Waals surface area contributed by atoms with Gasteiger partial charge in [0.1, 0.15) is 6.04 Å². The number of amides is 2. The second kappa shape index (κ2) is 6.91. The molecule has 6 nitrogen and oxygen atoms in total. The molecule has 2 amide bonds. The van der Waals surface area contributed by atoms with Crippen molar-refractivity contribution in [2.24, 2.45) is 11.1 Å². The van der Waals surface area contributed by atoms with E-state index in [1.807, 2.05) is 30.3 Å². The van der Waals surface area contributed by atoms with Crippen LogP contribution in [-0.2, 0) is 20.9 Å². The van der Waals surface area contributed by atoms with Crippen LogP contribution in [0.2, 0.25) is 0 Å². The molecule has 1 atom stereocenters. The number of primary amides is 1. The first kappa shape index (κ1) is 16.9. The lowest BCUT2D eigenvalue weighted by Crippen LogP contribution is -2.68. The number of likely N-dealkylation sites (tertiary alicyclic amines) is 1. The van der Waals surface area contributed by atoms with Crippen LogP contribution < -0.4 is 5.73 Å². The van der Waals surface area contributed by atoms with Gasteiger partial charge in [-0.15, -0.1) is 0 Å². The molecule has 3 rings (SSSR count). The quantitative estimate of drug-likeness (QED) is 0.754. The fourth-order valence-corrected chi connectivity index (χ4v) is 3.74. The van der Waals surface area contributed by atoms with Crippen molar-refractivity contribution < 1.29 is 19.4 Å². The van der Waals surface area contributed by atoms with E-state index in [-0.39, 0.29) is 17.4 Å². The van der Waals surface area contributed by atoms with E-state index in [1.165, 1.54) is 4.90 Å². The maximum atomic E-state index is 12.5. The fraction of sp³-hybridized carbons (Fsp3) is 0.556. The normalized spacial score (nSPS) is 27.8. The van der Waals surface area contributed by atoms with Crippen molar-refractivity contribution in [2.75, 3.05) is 13.2 Å². The Morgan fingerprint density at radius 1 is 1.33 bits per heavy atom. The summed E-state index contributed by atoms with van der Waals surface area (Å²) in [5.41, 5.74) is 6.01. The standard InChI is InChI=1S/C18H24N2O4/c19-16(22)15(10-21)20-12-18(17(20)23)8-6-14(7-9-18)24-11-13-4-2-1-3-5-13/h1-5,14-15,21H,6-12H2,(H2,19,22)/t14?,15-,18?/m0/s1. The van der Waals surface area contributed by atoms with Gasteiger partial charge in [0.05, 0.1) is 24.7 Å². The van der Waals surface area contributed by atoms with E-state index in [4.69, 9.17) is 10.5 Å². The molecule has 0 radical (unpaired) electrons. The number of β-lactam (4-membered cyclic amide) rings is 1. The van der Waals surface area contributed by atoms with Gasteiger partial charge in [-0.05, 0) is 31.2 Å². The van der Waals surface area contributed by atoms with Gasteiger partial charge in [0.15, 0.2) is 0 Å². The molecule has 1 aliphatic carbocycles. The van der Waals surface area contributed by atoms with Crippen molar-refractivity contribution in [2.45, 2.75) is 44.4 Å². The van der Waals surface area contributed by atoms with Crippen molar-refractivity contribution in [1.29, 1.82) is 0 Å². The number of hydrogen-bond acceptors (Lipinski definition) is 4. The van der Waals surface area contributed by atoms with Crippen LogP contribution in [0.4, 0.5) is 0 Å². The molecule has 0 aromatic heterocycles. The minimum absolute atomic E-state index is 0.0538. The lowest BCUT2D eigenvalue weighted by molar-refractivity contribution is -0.175. The summed E-state index contributed by atoms with van der Waals surface area (Å²) in [4.78, 5) is 25.2. The molecule has 6 heteroatoms. The Hall–Kier alpha value is -1.92. The second-order valence-electron chi connectivity index (χ2n) is 6.81. The fourth-order valence-electron chi connectivity index (χ4n) is 3.74. The van der Waals surface area contributed by atoms with Gasteiger partial charge < -0.3 is 20.5 Å². The first-order valence-electron chi connectivity index (χ1n) is 8.42. The van der Waals surface area contributed by atoms with Gasteiger partial charge in [-0.25, -0.2) is 0 Å². The molecular weight excluding hydrogens is 308 g/mol. The number of nitrogens with zero attached hydrogens (tertiary/aromatic N) is 1. The molecule has 1 aliphatic heterocycles. The third-order valence-electron chi connectivity index (χ3n) is 5.28. The van der Waals surface area contributed by atoms with Gasteiger partial charge in [0.2, 0.25) is 11.8 Å². The summed E-state index contributed by atoms with van der Waals surface area (Å²) >= 11 is 0. The average Bonchev–Trinajstić information content (AvgIpc) is 2.61. The number of rotatable bonds is 6. The molecular formula is C18H24N2O4. The Kier molecular flexibility index (Phi) is 4.87. The van der Waals surface area contributed by atoms with Crippen LogP contribution in [0.25, 0.3) is 0 Å². The molecule has 3 N–H and O–H groups in total. The topological polar surface area (TPSA) is 92.9 Å². The molecule has 0 bridgehead atoms. The highest BCUT2D eigenvalue weighted by molar-refractivity contribution is 5.94. The summed E-state index contributed by atoms with van der Waals surface area (Å²) in [5.74, 6) is -0.706. The lowest BCUT2D eigenvalue weighted by Gasteiger charge is -2.53. The van der Waals surface area contributed by atoms with E-state index in [0.29, 0.717) is 13.2 Å². The molecule has 1 saturated carbocycles. The van der Waals surface area contributed by atoms with Crippen LogP contribution in [0.3, 0.4) is 0 Å². The predicted molar refractivity (Wildman–Crippen MR) is 87.7 cm³/mol. The van der Waals surface area contributed by atoms with Crippen LogP contribution in [0.1, 0.15) is 31.2 Å². The number of ether oxygens (including phenoxy) is 1. The van der Waals surface area contributed by atoms with E-state index in [1.54, 1.807) is 0 Å². The van der Waals surface area contributed by atoms with Crippen LogP contribution >= 0.6 is 0 Å². The van der Waals surface area contributed by atoms with E-state index in [0.717, 1.165) is 31.2 Å². The molecule has 1 spiro atoms. The van der Waals surface area contributed by atoms with Gasteiger partial charge in [-0.3, -0.25) is 9.59 Å². The van der Waals surface area contributed by atoms with Crippen LogP contribution in [0, 0.1) is 5.41 Å². The Labute approximate surface area is 141 Å². The number of aliphatic hydroxyl groups excluding tert-OH is 1. The van der Waals surface area contributed by atoms with Crippen LogP contribution in [0.5, 0.6) is 0 Å². The SMILES string of the molecule is NC(=O)[C@H](CO)N1CC2(CCC(OCc3ccccc3)CC2)C1=O. The number of carbonyl (C=O) groups is 2. The number of hydrogen-bond donors (Lipinski definition) is 2. The Morgan fingerprint density at radius 2 is 2.00 bits per heavy atom. The molecule has 1 aromatic carbocycles. The van der Waals surface area contributed by atoms with Crippen molar-refractivity contribution in [3.05, 3.63) is 35.9 Å². The largest absolute Gasteiger partial charge is 0.394 e. The summed E-state index contributed by atoms with van der Waals surface area (Å²) < 4.78 is 5.96. The Bertz CT molecular complexity index is 596. The average molecular weight is 332 g/mol. The van der Waals surface area contributed by atoms with Gasteiger partial charge in [-0.2, -0.15) is 0 Å². The maximum Gasteiger partial charge on any atom is 0.242 e. The predicted octanol–water partition coefficient (Wildman–Crippen LogP) is 0.821. The van der Waals surface area contributed by atoms with Gasteiger partial charge in [0, 0.05) is 6.54 Å². The highest BCUT2D eigenvalue weighted by Gasteiger charge is 2.55. The molecule has 1 heterocycles. The second-order valence-corrected chi connectivity index (χ2v) is 6.81. The highest BCUT2D eigenvalue weighted by Crippen LogP contribution is 2.46. The van der Waals surface area contributed by atoms with Crippen molar-refractivity contribution in [1.82, 2.24) is 4.90 Å². The van der Waals surface area contributed by atoms with Crippen molar-refractivity contribution >= 4 is 11.8 Å². The molecule has 1 aromatic rings. The van der Waals surface area contributed by atoms with E-state index in [2.05, 4.69) is 0 Å². The smallest absolute Gasteiger partial charge is 0.242 e. The maximum absolute atomic E-state index is 12.5. The van der Waals surface area contributed by atoms with Crippen molar-refractivity contribution in [3.8, 4) is 0 Å². The number of carbonyl (C=O) groups excluding carboxylic acids is 2. The molecule has 2 fully saturated rings. The molecule has 130 valence electrons. The van der Waals surface area contributed by atoms with Gasteiger partial charge in [-0.1, -0.05) is 30.3 Å². The highest BCUT2D eigenvalue weighted by atomic mass is 16.5. The van der Waals surface area contributed by atoms with E-state index < -0.39 is 18.6 Å². The summed E-state index contributed by atoms with van der Waals surface area (Å²) in [6.07, 6.45) is 3.37. The molecule has 24 heavy (non-hydrogen) atoms. The Balaban J connectivity index is 1.49. The first-order valence-corrected chi connectivity index (χ1v) is 8.42. The molecule has 0 unspecified atom stereocenters. The number of aliphatic hydroxyl groups is 1. The summed E-state index contributed by atoms with van der Waals surface area (Å²) in [6.45, 7) is 0.679. The summed E-state index contributed by atoms with van der Waals surface area (Å²) in [7, 11) is 0. The third-order valence-corrected chi connectivity index (χ3v) is 5.28. The van der Waals surface area contributed by atoms with Crippen molar-refractivity contribution in [3.63, 3.8) is 0 Å². The van der Waals surface area contributed by atoms with Crippen LogP contribution in [0.15, 0.2) is 30.3 Å². The molecule has 2 aliphatic rings. The summed E-state index contributed by atoms with van der Waals surface area (Å²) in [5, 5.41) is 9.24.